The summed E-state index contributed by atoms with van der Waals surface area (Å²) in [5.41, 5.74) is 6.78. The summed E-state index contributed by atoms with van der Waals surface area (Å²) in [5.74, 6) is 0.520. The quantitative estimate of drug-likeness (QED) is 0.845. The summed E-state index contributed by atoms with van der Waals surface area (Å²) in [5, 5.41) is 0. The molecule has 0 aliphatic heterocycles. The number of hydrogen-bond acceptors (Lipinski definition) is 1. The standard InChI is InChI=1S/C15H21F2N/c1-9-3-10(2)5-11(4-9)15(18)12-6-13(16)8-14(17)7-12/h6-11,15H,3-5,18H2,1-2H3. The lowest BCUT2D eigenvalue weighted by Crippen LogP contribution is -2.29. The Bertz CT molecular complexity index is 389. The molecule has 18 heavy (non-hydrogen) atoms. The van der Waals surface area contributed by atoms with Gasteiger partial charge in [0.05, 0.1) is 0 Å². The molecule has 3 atom stereocenters. The molecule has 0 saturated heterocycles. The smallest absolute Gasteiger partial charge is 0.126 e. The Hall–Kier alpha value is -0.960. The Labute approximate surface area is 107 Å². The van der Waals surface area contributed by atoms with Gasteiger partial charge in [0.15, 0.2) is 0 Å². The molecule has 1 saturated carbocycles. The summed E-state index contributed by atoms with van der Waals surface area (Å²) in [6.07, 6.45) is 3.31. The van der Waals surface area contributed by atoms with Crippen LogP contribution in [0.15, 0.2) is 18.2 Å². The predicted molar refractivity (Wildman–Crippen MR) is 69.0 cm³/mol. The SMILES string of the molecule is CC1CC(C)CC(C(N)c2cc(F)cc(F)c2)C1. The van der Waals surface area contributed by atoms with E-state index < -0.39 is 11.6 Å². The van der Waals surface area contributed by atoms with E-state index in [1.807, 2.05) is 0 Å². The minimum atomic E-state index is -0.544. The molecule has 100 valence electrons. The molecule has 0 spiro atoms. The van der Waals surface area contributed by atoms with Crippen molar-refractivity contribution >= 4 is 0 Å². The Morgan fingerprint density at radius 2 is 1.50 bits per heavy atom. The maximum Gasteiger partial charge on any atom is 0.126 e. The molecule has 0 bridgehead atoms. The van der Waals surface area contributed by atoms with Crippen molar-refractivity contribution in [2.45, 2.75) is 39.2 Å². The molecule has 0 aromatic heterocycles. The van der Waals surface area contributed by atoms with Gasteiger partial charge in [0.25, 0.3) is 0 Å². The maximum atomic E-state index is 13.2. The van der Waals surface area contributed by atoms with Crippen molar-refractivity contribution in [3.05, 3.63) is 35.4 Å². The van der Waals surface area contributed by atoms with Gasteiger partial charge < -0.3 is 5.73 Å². The highest BCUT2D eigenvalue weighted by Crippen LogP contribution is 2.38. The van der Waals surface area contributed by atoms with E-state index in [1.54, 1.807) is 0 Å². The molecular weight excluding hydrogens is 232 g/mol. The molecule has 2 rings (SSSR count). The zero-order valence-electron chi connectivity index (χ0n) is 11.0. The Morgan fingerprint density at radius 3 is 2.00 bits per heavy atom. The lowest BCUT2D eigenvalue weighted by atomic mass is 9.72. The van der Waals surface area contributed by atoms with Crippen LogP contribution >= 0.6 is 0 Å². The van der Waals surface area contributed by atoms with Gasteiger partial charge in [0.2, 0.25) is 0 Å². The van der Waals surface area contributed by atoms with Gasteiger partial charge >= 0.3 is 0 Å². The van der Waals surface area contributed by atoms with Crippen LogP contribution in [0, 0.1) is 29.4 Å². The van der Waals surface area contributed by atoms with Gasteiger partial charge in [-0.05, 0) is 54.7 Å². The lowest BCUT2D eigenvalue weighted by molar-refractivity contribution is 0.193. The van der Waals surface area contributed by atoms with Crippen molar-refractivity contribution in [3.8, 4) is 0 Å². The monoisotopic (exact) mass is 253 g/mol. The van der Waals surface area contributed by atoms with Crippen molar-refractivity contribution in [3.63, 3.8) is 0 Å². The summed E-state index contributed by atoms with van der Waals surface area (Å²) in [6.45, 7) is 4.45. The second-order valence-corrected chi connectivity index (χ2v) is 5.91. The van der Waals surface area contributed by atoms with Crippen LogP contribution in [0.3, 0.4) is 0 Å². The van der Waals surface area contributed by atoms with Gasteiger partial charge in [-0.1, -0.05) is 13.8 Å². The molecule has 1 nitrogen and oxygen atoms in total. The molecular formula is C15H21F2N. The van der Waals surface area contributed by atoms with Gasteiger partial charge in [-0.25, -0.2) is 8.78 Å². The number of rotatable bonds is 2. The molecule has 3 heteroatoms. The Morgan fingerprint density at radius 1 is 1.00 bits per heavy atom. The van der Waals surface area contributed by atoms with Crippen LogP contribution in [-0.4, -0.2) is 0 Å². The van der Waals surface area contributed by atoms with E-state index >= 15 is 0 Å². The average molecular weight is 253 g/mol. The maximum absolute atomic E-state index is 13.2. The number of halogens is 2. The second-order valence-electron chi connectivity index (χ2n) is 5.91. The topological polar surface area (TPSA) is 26.0 Å². The molecule has 3 unspecified atom stereocenters. The number of nitrogens with two attached hydrogens (primary N) is 1. The second kappa shape index (κ2) is 5.35. The van der Waals surface area contributed by atoms with Crippen molar-refractivity contribution in [1.82, 2.24) is 0 Å². The molecule has 0 amide bonds. The van der Waals surface area contributed by atoms with Gasteiger partial charge in [0.1, 0.15) is 11.6 Å². The van der Waals surface area contributed by atoms with Crippen LogP contribution in [0.25, 0.3) is 0 Å². The summed E-state index contributed by atoms with van der Waals surface area (Å²) in [7, 11) is 0. The van der Waals surface area contributed by atoms with Crippen molar-refractivity contribution in [1.29, 1.82) is 0 Å². The molecule has 1 aromatic carbocycles. The highest BCUT2D eigenvalue weighted by Gasteiger charge is 2.29. The predicted octanol–water partition coefficient (Wildman–Crippen LogP) is 4.04. The van der Waals surface area contributed by atoms with E-state index in [0.717, 1.165) is 18.9 Å². The zero-order valence-corrected chi connectivity index (χ0v) is 11.0. The molecule has 0 radical (unpaired) electrons. The van der Waals surface area contributed by atoms with E-state index in [9.17, 15) is 8.78 Å². The first-order valence-electron chi connectivity index (χ1n) is 6.67. The van der Waals surface area contributed by atoms with Gasteiger partial charge in [-0.2, -0.15) is 0 Å². The van der Waals surface area contributed by atoms with Crippen LogP contribution in [0.4, 0.5) is 8.78 Å². The van der Waals surface area contributed by atoms with Gasteiger partial charge in [0, 0.05) is 12.1 Å². The van der Waals surface area contributed by atoms with Crippen molar-refractivity contribution in [2.24, 2.45) is 23.5 Å². The van der Waals surface area contributed by atoms with Crippen molar-refractivity contribution in [2.75, 3.05) is 0 Å². The normalized spacial score (nSPS) is 30.2. The highest BCUT2D eigenvalue weighted by molar-refractivity contribution is 5.22. The minimum absolute atomic E-state index is 0.264. The van der Waals surface area contributed by atoms with Crippen molar-refractivity contribution < 1.29 is 8.78 Å². The Kier molecular flexibility index (Phi) is 4.00. The molecule has 2 N–H and O–H groups in total. The zero-order chi connectivity index (χ0) is 13.3. The third kappa shape index (κ3) is 3.08. The fourth-order valence-corrected chi connectivity index (χ4v) is 3.34. The fourth-order valence-electron chi connectivity index (χ4n) is 3.34. The molecule has 1 aromatic rings. The van der Waals surface area contributed by atoms with E-state index in [0.29, 0.717) is 23.3 Å². The lowest BCUT2D eigenvalue weighted by Gasteiger charge is -2.35. The van der Waals surface area contributed by atoms with E-state index in [-0.39, 0.29) is 6.04 Å². The minimum Gasteiger partial charge on any atom is -0.324 e. The first kappa shape index (κ1) is 13.5. The number of hydrogen-bond donors (Lipinski definition) is 1. The van der Waals surface area contributed by atoms with Gasteiger partial charge in [-0.3, -0.25) is 0 Å². The van der Waals surface area contributed by atoms with E-state index in [1.165, 1.54) is 18.6 Å². The first-order valence-corrected chi connectivity index (χ1v) is 6.67. The summed E-state index contributed by atoms with van der Waals surface area (Å²) >= 11 is 0. The van der Waals surface area contributed by atoms with Crippen LogP contribution < -0.4 is 5.73 Å². The summed E-state index contributed by atoms with van der Waals surface area (Å²) in [4.78, 5) is 0. The molecule has 1 aliphatic rings. The third-order valence-electron chi connectivity index (χ3n) is 3.99. The summed E-state index contributed by atoms with van der Waals surface area (Å²) in [6, 6.07) is 3.35. The first-order chi connectivity index (χ1) is 8.45. The third-order valence-corrected chi connectivity index (χ3v) is 3.99. The Balaban J connectivity index is 2.17. The van der Waals surface area contributed by atoms with Crippen LogP contribution in [0.1, 0.15) is 44.7 Å². The van der Waals surface area contributed by atoms with E-state index in [2.05, 4.69) is 13.8 Å². The van der Waals surface area contributed by atoms with E-state index in [4.69, 9.17) is 5.73 Å². The summed E-state index contributed by atoms with van der Waals surface area (Å²) < 4.78 is 26.4. The van der Waals surface area contributed by atoms with Crippen LogP contribution in [-0.2, 0) is 0 Å². The number of benzene rings is 1. The highest BCUT2D eigenvalue weighted by atomic mass is 19.1. The van der Waals surface area contributed by atoms with Crippen LogP contribution in [0.5, 0.6) is 0 Å². The molecule has 0 heterocycles. The van der Waals surface area contributed by atoms with Crippen LogP contribution in [0.2, 0.25) is 0 Å². The largest absolute Gasteiger partial charge is 0.324 e. The molecule has 1 aliphatic carbocycles. The van der Waals surface area contributed by atoms with Gasteiger partial charge in [-0.15, -0.1) is 0 Å². The average Bonchev–Trinajstić information content (AvgIpc) is 2.25. The molecule has 1 fully saturated rings. The fraction of sp³-hybridized carbons (Fsp3) is 0.600.